The normalized spacial score (nSPS) is 11.1. The molecule has 0 spiro atoms. The second-order valence-corrected chi connectivity index (χ2v) is 9.04. The quantitative estimate of drug-likeness (QED) is 0.515. The summed E-state index contributed by atoms with van der Waals surface area (Å²) in [5.74, 6) is -0.716. The minimum Gasteiger partial charge on any atom is -0.497 e. The molecule has 162 valence electrons. The predicted octanol–water partition coefficient (Wildman–Crippen LogP) is 4.98. The first-order valence-corrected chi connectivity index (χ1v) is 11.1. The van der Waals surface area contributed by atoms with Gasteiger partial charge in [0.2, 0.25) is 5.91 Å². The standard InChI is InChI=1S/C21H17Cl2FN2O4S/c1-30-17-7-5-16(6-8-17)26(31(28,29)18-9-3-15(24)4-10-18)13-21(27)25-20-12-14(22)2-11-19(20)23/h2-12H,13H2,1H3,(H,25,27). The number of rotatable bonds is 7. The van der Waals surface area contributed by atoms with Crippen LogP contribution in [0.5, 0.6) is 5.75 Å². The summed E-state index contributed by atoms with van der Waals surface area (Å²) in [6, 6.07) is 15.0. The van der Waals surface area contributed by atoms with Gasteiger partial charge in [0, 0.05) is 5.02 Å². The number of carbonyl (C=O) groups excluding carboxylic acids is 1. The molecule has 3 aromatic rings. The van der Waals surface area contributed by atoms with Crippen LogP contribution in [0, 0.1) is 5.82 Å². The number of halogens is 3. The maximum Gasteiger partial charge on any atom is 0.264 e. The van der Waals surface area contributed by atoms with Crippen LogP contribution in [-0.2, 0) is 14.8 Å². The Morgan fingerprint density at radius 1 is 1.03 bits per heavy atom. The maximum absolute atomic E-state index is 13.3. The van der Waals surface area contributed by atoms with Crippen LogP contribution >= 0.6 is 23.2 Å². The molecular weight excluding hydrogens is 466 g/mol. The van der Waals surface area contributed by atoms with Crippen LogP contribution in [-0.4, -0.2) is 28.0 Å². The van der Waals surface area contributed by atoms with Crippen molar-refractivity contribution < 1.29 is 22.3 Å². The summed E-state index contributed by atoms with van der Waals surface area (Å²) < 4.78 is 45.8. The molecule has 31 heavy (non-hydrogen) atoms. The molecule has 0 aliphatic rings. The number of methoxy groups -OCH3 is 1. The van der Waals surface area contributed by atoms with E-state index in [9.17, 15) is 17.6 Å². The van der Waals surface area contributed by atoms with Crippen LogP contribution in [0.25, 0.3) is 0 Å². The minimum absolute atomic E-state index is 0.168. The van der Waals surface area contributed by atoms with Gasteiger partial charge in [-0.2, -0.15) is 0 Å². The SMILES string of the molecule is COc1ccc(N(CC(=O)Nc2cc(Cl)ccc2Cl)S(=O)(=O)c2ccc(F)cc2)cc1. The number of carbonyl (C=O) groups is 1. The molecule has 0 aromatic heterocycles. The topological polar surface area (TPSA) is 75.7 Å². The lowest BCUT2D eigenvalue weighted by molar-refractivity contribution is -0.114. The van der Waals surface area contributed by atoms with Crippen LogP contribution in [0.1, 0.15) is 0 Å². The highest BCUT2D eigenvalue weighted by atomic mass is 35.5. The smallest absolute Gasteiger partial charge is 0.264 e. The molecule has 0 aliphatic heterocycles. The van der Waals surface area contributed by atoms with E-state index in [0.29, 0.717) is 10.8 Å². The monoisotopic (exact) mass is 482 g/mol. The summed E-state index contributed by atoms with van der Waals surface area (Å²) in [6.45, 7) is -0.561. The van der Waals surface area contributed by atoms with Gasteiger partial charge in [-0.3, -0.25) is 9.10 Å². The van der Waals surface area contributed by atoms with E-state index in [1.165, 1.54) is 31.4 Å². The van der Waals surface area contributed by atoms with E-state index in [-0.39, 0.29) is 21.3 Å². The lowest BCUT2D eigenvalue weighted by Crippen LogP contribution is -2.38. The van der Waals surface area contributed by atoms with Crippen molar-refractivity contribution >= 4 is 50.5 Å². The highest BCUT2D eigenvalue weighted by Gasteiger charge is 2.27. The molecule has 0 fully saturated rings. The minimum atomic E-state index is -4.19. The van der Waals surface area contributed by atoms with E-state index in [2.05, 4.69) is 5.32 Å². The van der Waals surface area contributed by atoms with Gasteiger partial charge < -0.3 is 10.1 Å². The number of ether oxygens (including phenoxy) is 1. The second-order valence-electron chi connectivity index (χ2n) is 6.34. The molecule has 3 rings (SSSR count). The molecular formula is C21H17Cl2FN2O4S. The molecule has 6 nitrogen and oxygen atoms in total. The Hall–Kier alpha value is -2.81. The molecule has 0 unspecified atom stereocenters. The van der Waals surface area contributed by atoms with Crippen molar-refractivity contribution in [1.82, 2.24) is 0 Å². The van der Waals surface area contributed by atoms with Gasteiger partial charge in [-0.15, -0.1) is 0 Å². The fourth-order valence-electron chi connectivity index (χ4n) is 2.71. The first-order valence-electron chi connectivity index (χ1n) is 8.88. The van der Waals surface area contributed by atoms with Crippen LogP contribution in [0.4, 0.5) is 15.8 Å². The van der Waals surface area contributed by atoms with Gasteiger partial charge in [0.15, 0.2) is 0 Å². The average Bonchev–Trinajstić information content (AvgIpc) is 2.75. The Labute approximate surface area is 189 Å². The number of nitrogens with zero attached hydrogens (tertiary/aromatic N) is 1. The average molecular weight is 483 g/mol. The number of nitrogens with one attached hydrogen (secondary N) is 1. The molecule has 1 amide bonds. The fraction of sp³-hybridized carbons (Fsp3) is 0.0952. The molecule has 0 bridgehead atoms. The molecule has 0 saturated heterocycles. The van der Waals surface area contributed by atoms with E-state index < -0.39 is 28.3 Å². The van der Waals surface area contributed by atoms with Crippen molar-refractivity contribution in [1.29, 1.82) is 0 Å². The van der Waals surface area contributed by atoms with E-state index >= 15 is 0 Å². The van der Waals surface area contributed by atoms with Gasteiger partial charge in [0.1, 0.15) is 18.1 Å². The van der Waals surface area contributed by atoms with Crippen molar-refractivity contribution in [3.8, 4) is 5.75 Å². The number of amides is 1. The Balaban J connectivity index is 1.96. The van der Waals surface area contributed by atoms with Gasteiger partial charge in [0.05, 0.1) is 28.4 Å². The van der Waals surface area contributed by atoms with Gasteiger partial charge >= 0.3 is 0 Å². The van der Waals surface area contributed by atoms with Gasteiger partial charge in [-0.05, 0) is 66.7 Å². The Bertz CT molecular complexity index is 1190. The Kier molecular flexibility index (Phi) is 7.04. The maximum atomic E-state index is 13.3. The van der Waals surface area contributed by atoms with E-state index in [1.54, 1.807) is 18.2 Å². The number of hydrogen-bond acceptors (Lipinski definition) is 4. The van der Waals surface area contributed by atoms with Crippen LogP contribution < -0.4 is 14.4 Å². The zero-order chi connectivity index (χ0) is 22.6. The number of anilines is 2. The summed E-state index contributed by atoms with van der Waals surface area (Å²) in [5.41, 5.74) is 0.463. The van der Waals surface area contributed by atoms with Crippen molar-refractivity contribution in [2.75, 3.05) is 23.3 Å². The van der Waals surface area contributed by atoms with Crippen molar-refractivity contribution in [3.63, 3.8) is 0 Å². The number of sulfonamides is 1. The lowest BCUT2D eigenvalue weighted by atomic mass is 10.3. The van der Waals surface area contributed by atoms with E-state index in [0.717, 1.165) is 28.6 Å². The Morgan fingerprint density at radius 2 is 1.68 bits per heavy atom. The first-order chi connectivity index (χ1) is 14.7. The second kappa shape index (κ2) is 9.55. The third-order valence-corrected chi connectivity index (χ3v) is 6.60. The summed E-state index contributed by atoms with van der Waals surface area (Å²) >= 11 is 12.0. The summed E-state index contributed by atoms with van der Waals surface area (Å²) in [6.07, 6.45) is 0. The summed E-state index contributed by atoms with van der Waals surface area (Å²) in [4.78, 5) is 12.5. The molecule has 0 saturated carbocycles. The van der Waals surface area contributed by atoms with Gasteiger partial charge in [-0.1, -0.05) is 23.2 Å². The van der Waals surface area contributed by atoms with Crippen molar-refractivity contribution in [2.24, 2.45) is 0 Å². The molecule has 0 radical (unpaired) electrons. The van der Waals surface area contributed by atoms with Gasteiger partial charge in [0.25, 0.3) is 10.0 Å². The Morgan fingerprint density at radius 3 is 2.29 bits per heavy atom. The van der Waals surface area contributed by atoms with Crippen LogP contribution in [0.15, 0.2) is 71.6 Å². The molecule has 0 aliphatic carbocycles. The number of hydrogen-bond donors (Lipinski definition) is 1. The molecule has 1 N–H and O–H groups in total. The summed E-state index contributed by atoms with van der Waals surface area (Å²) in [5, 5.41) is 3.16. The number of benzene rings is 3. The predicted molar refractivity (Wildman–Crippen MR) is 119 cm³/mol. The molecule has 0 heterocycles. The zero-order valence-corrected chi connectivity index (χ0v) is 18.5. The highest BCUT2D eigenvalue weighted by molar-refractivity contribution is 7.92. The first kappa shape index (κ1) is 22.9. The molecule has 0 atom stereocenters. The van der Waals surface area contributed by atoms with Crippen LogP contribution in [0.2, 0.25) is 10.0 Å². The van der Waals surface area contributed by atoms with Crippen molar-refractivity contribution in [2.45, 2.75) is 4.90 Å². The van der Waals surface area contributed by atoms with Crippen molar-refractivity contribution in [3.05, 3.63) is 82.6 Å². The van der Waals surface area contributed by atoms with Gasteiger partial charge in [-0.25, -0.2) is 12.8 Å². The summed E-state index contributed by atoms with van der Waals surface area (Å²) in [7, 11) is -2.71. The lowest BCUT2D eigenvalue weighted by Gasteiger charge is -2.24. The van der Waals surface area contributed by atoms with Crippen LogP contribution in [0.3, 0.4) is 0 Å². The molecule has 10 heteroatoms. The van der Waals surface area contributed by atoms with E-state index in [4.69, 9.17) is 27.9 Å². The fourth-order valence-corrected chi connectivity index (χ4v) is 4.47. The third kappa shape index (κ3) is 5.46. The highest BCUT2D eigenvalue weighted by Crippen LogP contribution is 2.28. The third-order valence-electron chi connectivity index (χ3n) is 4.25. The molecule has 3 aromatic carbocycles. The largest absolute Gasteiger partial charge is 0.497 e. The van der Waals surface area contributed by atoms with E-state index in [1.807, 2.05) is 0 Å². The zero-order valence-electron chi connectivity index (χ0n) is 16.2.